The topological polar surface area (TPSA) is 67.9 Å². The molecule has 130 valence electrons. The summed E-state index contributed by atoms with van der Waals surface area (Å²) < 4.78 is 12.0. The van der Waals surface area contributed by atoms with Gasteiger partial charge >= 0.3 is 6.03 Å². The van der Waals surface area contributed by atoms with E-state index in [4.69, 9.17) is 9.47 Å². The van der Waals surface area contributed by atoms with E-state index in [0.717, 1.165) is 21.4 Å². The molecule has 0 aromatic heterocycles. The average molecular weight is 397 g/mol. The first-order valence-electron chi connectivity index (χ1n) is 7.79. The highest BCUT2D eigenvalue weighted by atomic mass is 79.9. The quantitative estimate of drug-likeness (QED) is 0.589. The number of urea groups is 1. The largest absolute Gasteiger partial charge is 0.493 e. The van der Waals surface area contributed by atoms with Crippen LogP contribution in [0.4, 0.5) is 4.79 Å². The Bertz CT molecular complexity index is 687. The van der Waals surface area contributed by atoms with Gasteiger partial charge in [-0.05, 0) is 60.0 Å². The van der Waals surface area contributed by atoms with Crippen LogP contribution in [0, 0.1) is 0 Å². The Kier molecular flexibility index (Phi) is 5.88. The predicted octanol–water partition coefficient (Wildman–Crippen LogP) is 3.55. The molecular weight excluding hydrogens is 376 g/mol. The normalized spacial score (nSPS) is 17.2. The molecule has 0 radical (unpaired) electrons. The monoisotopic (exact) mass is 396 g/mol. The minimum atomic E-state index is -0.406. The van der Waals surface area contributed by atoms with E-state index >= 15 is 0 Å². The Balaban J connectivity index is 2.36. The molecule has 2 rings (SSSR count). The highest BCUT2D eigenvalue weighted by Crippen LogP contribution is 2.38. The molecule has 0 bridgehead atoms. The Labute approximate surface area is 149 Å². The first-order chi connectivity index (χ1) is 11.4. The molecule has 1 heterocycles. The van der Waals surface area contributed by atoms with Crippen LogP contribution in [0.25, 0.3) is 6.08 Å². The van der Waals surface area contributed by atoms with Crippen molar-refractivity contribution < 1.29 is 19.1 Å². The molecule has 1 aliphatic rings. The fourth-order valence-electron chi connectivity index (χ4n) is 2.25. The van der Waals surface area contributed by atoms with Crippen molar-refractivity contribution >= 4 is 33.9 Å². The van der Waals surface area contributed by atoms with Gasteiger partial charge in [0.2, 0.25) is 0 Å². The summed E-state index contributed by atoms with van der Waals surface area (Å²) in [5, 5.41) is 2.58. The van der Waals surface area contributed by atoms with Crippen molar-refractivity contribution in [3.8, 4) is 11.5 Å². The van der Waals surface area contributed by atoms with Gasteiger partial charge in [0.15, 0.2) is 11.5 Å². The highest BCUT2D eigenvalue weighted by Gasteiger charge is 2.32. The van der Waals surface area contributed by atoms with Crippen molar-refractivity contribution in [2.45, 2.75) is 33.3 Å². The summed E-state index contributed by atoms with van der Waals surface area (Å²) in [6.45, 7) is 6.10. The van der Waals surface area contributed by atoms with E-state index in [1.54, 1.807) is 26.2 Å². The number of nitrogens with zero attached hydrogens (tertiary/aromatic N) is 1. The molecule has 1 fully saturated rings. The molecule has 3 amide bonds. The number of carbonyl (C=O) groups is 2. The first-order valence-corrected chi connectivity index (χ1v) is 8.59. The van der Waals surface area contributed by atoms with Crippen LogP contribution in [0.1, 0.15) is 32.8 Å². The lowest BCUT2D eigenvalue weighted by Crippen LogP contribution is -2.30. The summed E-state index contributed by atoms with van der Waals surface area (Å²) in [6.07, 6.45) is 2.54. The Morgan fingerprint density at radius 1 is 1.33 bits per heavy atom. The Hall–Kier alpha value is -2.02. The van der Waals surface area contributed by atoms with Gasteiger partial charge in [0.05, 0.1) is 17.7 Å². The Morgan fingerprint density at radius 3 is 2.58 bits per heavy atom. The van der Waals surface area contributed by atoms with Gasteiger partial charge in [-0.25, -0.2) is 4.79 Å². The van der Waals surface area contributed by atoms with Crippen LogP contribution >= 0.6 is 15.9 Å². The molecule has 1 aromatic rings. The smallest absolute Gasteiger partial charge is 0.328 e. The fourth-order valence-corrected chi connectivity index (χ4v) is 2.80. The van der Waals surface area contributed by atoms with Crippen LogP contribution in [0.2, 0.25) is 0 Å². The van der Waals surface area contributed by atoms with Gasteiger partial charge in [-0.1, -0.05) is 6.92 Å². The van der Waals surface area contributed by atoms with Crippen molar-refractivity contribution in [3.05, 3.63) is 27.9 Å². The Morgan fingerprint density at radius 2 is 2.04 bits per heavy atom. The minimum Gasteiger partial charge on any atom is -0.493 e. The number of amides is 3. The summed E-state index contributed by atoms with van der Waals surface area (Å²) in [7, 11) is 1.56. The van der Waals surface area contributed by atoms with Gasteiger partial charge in [0.25, 0.3) is 5.91 Å². The van der Waals surface area contributed by atoms with E-state index in [-0.39, 0.29) is 17.7 Å². The lowest BCUT2D eigenvalue weighted by molar-refractivity contribution is -0.122. The number of halogens is 1. The van der Waals surface area contributed by atoms with Crippen LogP contribution in [-0.4, -0.2) is 36.6 Å². The van der Waals surface area contributed by atoms with Crippen molar-refractivity contribution in [1.29, 1.82) is 0 Å². The van der Waals surface area contributed by atoms with Crippen LogP contribution in [-0.2, 0) is 4.79 Å². The molecule has 1 aromatic carbocycles. The molecule has 0 aliphatic carbocycles. The molecule has 6 nitrogen and oxygen atoms in total. The summed E-state index contributed by atoms with van der Waals surface area (Å²) in [5.41, 5.74) is 0.961. The van der Waals surface area contributed by atoms with E-state index in [1.807, 2.05) is 19.9 Å². The number of nitrogens with one attached hydrogen (secondary N) is 1. The molecule has 24 heavy (non-hydrogen) atoms. The van der Waals surface area contributed by atoms with Gasteiger partial charge in [0.1, 0.15) is 5.70 Å². The van der Waals surface area contributed by atoms with E-state index in [2.05, 4.69) is 21.2 Å². The number of carbonyl (C=O) groups excluding carboxylic acids is 2. The molecule has 1 atom stereocenters. The van der Waals surface area contributed by atoms with Crippen LogP contribution in [0.5, 0.6) is 11.5 Å². The van der Waals surface area contributed by atoms with Gasteiger partial charge in [0, 0.05) is 6.54 Å². The summed E-state index contributed by atoms with van der Waals surface area (Å²) in [5.74, 6) is 0.837. The number of hydrogen-bond acceptors (Lipinski definition) is 4. The van der Waals surface area contributed by atoms with Gasteiger partial charge in [-0.2, -0.15) is 0 Å². The minimum absolute atomic E-state index is 0.0493. The third kappa shape index (κ3) is 3.72. The number of methoxy groups -OCH3 is 1. The van der Waals surface area contributed by atoms with Crippen molar-refractivity contribution in [3.63, 3.8) is 0 Å². The summed E-state index contributed by atoms with van der Waals surface area (Å²) in [6, 6.07) is 3.18. The highest BCUT2D eigenvalue weighted by molar-refractivity contribution is 9.10. The summed E-state index contributed by atoms with van der Waals surface area (Å²) >= 11 is 3.48. The van der Waals surface area contributed by atoms with Gasteiger partial charge in [-0.3, -0.25) is 9.69 Å². The van der Waals surface area contributed by atoms with E-state index < -0.39 is 6.03 Å². The maximum atomic E-state index is 12.1. The van der Waals surface area contributed by atoms with E-state index in [1.165, 1.54) is 0 Å². The predicted molar refractivity (Wildman–Crippen MR) is 95.0 cm³/mol. The molecule has 1 aliphatic heterocycles. The average Bonchev–Trinajstić information content (AvgIpc) is 2.82. The number of likely N-dealkylation sites (N-methyl/N-ethyl adjacent to an activating group) is 1. The second kappa shape index (κ2) is 7.70. The maximum absolute atomic E-state index is 12.1. The SMILES string of the molecule is CC[C@H](C)Oc1c(Br)cc(/C=C2/NC(=O)N(CC)C2=O)cc1OC. The number of ether oxygens (including phenoxy) is 2. The second-order valence-electron chi connectivity index (χ2n) is 5.41. The van der Waals surface area contributed by atoms with Crippen LogP contribution < -0.4 is 14.8 Å². The van der Waals surface area contributed by atoms with Gasteiger partial charge < -0.3 is 14.8 Å². The lowest BCUT2D eigenvalue weighted by atomic mass is 10.1. The molecular formula is C17H21BrN2O4. The zero-order valence-electron chi connectivity index (χ0n) is 14.2. The van der Waals surface area contributed by atoms with E-state index in [9.17, 15) is 9.59 Å². The van der Waals surface area contributed by atoms with Crippen LogP contribution in [0.3, 0.4) is 0 Å². The number of imide groups is 1. The zero-order chi connectivity index (χ0) is 17.9. The van der Waals surface area contributed by atoms with E-state index in [0.29, 0.717) is 18.0 Å². The lowest BCUT2D eigenvalue weighted by Gasteiger charge is -2.17. The van der Waals surface area contributed by atoms with Gasteiger partial charge in [-0.15, -0.1) is 0 Å². The number of benzene rings is 1. The van der Waals surface area contributed by atoms with Crippen molar-refractivity contribution in [2.24, 2.45) is 0 Å². The molecule has 0 spiro atoms. The van der Waals surface area contributed by atoms with Crippen LogP contribution in [0.15, 0.2) is 22.3 Å². The molecule has 0 saturated carbocycles. The molecule has 1 N–H and O–H groups in total. The summed E-state index contributed by atoms with van der Waals surface area (Å²) in [4.78, 5) is 25.0. The second-order valence-corrected chi connectivity index (χ2v) is 6.26. The molecule has 0 unspecified atom stereocenters. The molecule has 7 heteroatoms. The molecule has 1 saturated heterocycles. The van der Waals surface area contributed by atoms with Crippen molar-refractivity contribution in [2.75, 3.05) is 13.7 Å². The van der Waals surface area contributed by atoms with Crippen molar-refractivity contribution in [1.82, 2.24) is 10.2 Å². The maximum Gasteiger partial charge on any atom is 0.328 e. The third-order valence-corrected chi connectivity index (χ3v) is 4.32. The third-order valence-electron chi connectivity index (χ3n) is 3.74. The zero-order valence-corrected chi connectivity index (χ0v) is 15.8. The standard InChI is InChI=1S/C17H21BrN2O4/c1-5-10(3)24-15-12(18)7-11(9-14(15)23-4)8-13-16(21)20(6-2)17(22)19-13/h7-10H,5-6H2,1-4H3,(H,19,22)/b13-8+/t10-/m0/s1. The fraction of sp³-hybridized carbons (Fsp3) is 0.412. The first kappa shape index (κ1) is 18.3. The number of rotatable bonds is 6. The number of hydrogen-bond donors (Lipinski definition) is 1.